The van der Waals surface area contributed by atoms with Crippen LogP contribution in [0.25, 0.3) is 0 Å². The quantitative estimate of drug-likeness (QED) is 0.0265. The molecule has 0 rings (SSSR count). The van der Waals surface area contributed by atoms with E-state index in [0.717, 1.165) is 32.1 Å². The molecule has 3 N–H and O–H groups in total. The highest BCUT2D eigenvalue weighted by Crippen LogP contribution is 2.43. The van der Waals surface area contributed by atoms with Crippen molar-refractivity contribution in [2.75, 3.05) is 26.4 Å². The number of hydrogen-bond donors (Lipinski definition) is 2. The van der Waals surface area contributed by atoms with E-state index in [1.807, 2.05) is 0 Å². The van der Waals surface area contributed by atoms with Gasteiger partial charge in [-0.1, -0.05) is 219 Å². The van der Waals surface area contributed by atoms with Crippen LogP contribution in [0.2, 0.25) is 0 Å². The van der Waals surface area contributed by atoms with E-state index in [1.54, 1.807) is 0 Å². The first-order valence-corrected chi connectivity index (χ1v) is 26.7. The van der Waals surface area contributed by atoms with Gasteiger partial charge in [0.1, 0.15) is 6.61 Å². The average Bonchev–Trinajstić information content (AvgIpc) is 3.22. The number of allylic oxidation sites excluding steroid dienone is 2. The summed E-state index contributed by atoms with van der Waals surface area (Å²) in [7, 11) is -4.38. The highest BCUT2D eigenvalue weighted by atomic mass is 31.2. The lowest BCUT2D eigenvalue weighted by molar-refractivity contribution is -0.161. The Balaban J connectivity index is 4.02. The number of ether oxygens (including phenoxy) is 2. The summed E-state index contributed by atoms with van der Waals surface area (Å²) in [5.41, 5.74) is 5.36. The first-order chi connectivity index (χ1) is 28.8. The van der Waals surface area contributed by atoms with Crippen LogP contribution < -0.4 is 5.73 Å². The predicted octanol–water partition coefficient (Wildman–Crippen LogP) is 15.0. The monoisotopic (exact) mass is 858 g/mol. The fourth-order valence-corrected chi connectivity index (χ4v) is 8.16. The molecule has 0 saturated heterocycles. The van der Waals surface area contributed by atoms with E-state index in [-0.39, 0.29) is 38.6 Å². The molecule has 0 aliphatic rings. The molecule has 0 amide bonds. The van der Waals surface area contributed by atoms with Gasteiger partial charge < -0.3 is 20.1 Å². The molecule has 350 valence electrons. The van der Waals surface area contributed by atoms with Crippen LogP contribution in [-0.2, 0) is 32.7 Å². The molecule has 10 heteroatoms. The summed E-state index contributed by atoms with van der Waals surface area (Å²) in [5.74, 6) is -0.814. The van der Waals surface area contributed by atoms with Crippen LogP contribution in [-0.4, -0.2) is 49.3 Å². The van der Waals surface area contributed by atoms with Gasteiger partial charge in [0.15, 0.2) is 6.10 Å². The summed E-state index contributed by atoms with van der Waals surface area (Å²) in [6.45, 7) is 3.78. The third-order valence-electron chi connectivity index (χ3n) is 11.2. The Morgan fingerprint density at radius 1 is 0.492 bits per heavy atom. The topological polar surface area (TPSA) is 134 Å². The molecule has 0 bridgehead atoms. The van der Waals surface area contributed by atoms with E-state index in [4.69, 9.17) is 24.3 Å². The molecule has 0 fully saturated rings. The Morgan fingerprint density at radius 3 is 1.20 bits per heavy atom. The van der Waals surface area contributed by atoms with Crippen molar-refractivity contribution in [2.24, 2.45) is 5.73 Å². The number of esters is 2. The lowest BCUT2D eigenvalue weighted by atomic mass is 10.0. The van der Waals surface area contributed by atoms with Gasteiger partial charge in [0.25, 0.3) is 0 Å². The molecule has 2 atom stereocenters. The summed E-state index contributed by atoms with van der Waals surface area (Å²) in [6, 6.07) is 0. The Kier molecular flexibility index (Phi) is 45.3. The number of unbranched alkanes of at least 4 members (excludes halogenated alkanes) is 33. The molecular formula is C49H96NO8P. The van der Waals surface area contributed by atoms with Gasteiger partial charge >= 0.3 is 19.8 Å². The summed E-state index contributed by atoms with van der Waals surface area (Å²) in [5, 5.41) is 0. The van der Waals surface area contributed by atoms with Crippen molar-refractivity contribution in [2.45, 2.75) is 264 Å². The lowest BCUT2D eigenvalue weighted by Gasteiger charge is -2.19. The molecule has 0 radical (unpaired) electrons. The predicted molar refractivity (Wildman–Crippen MR) is 248 cm³/mol. The van der Waals surface area contributed by atoms with Crippen LogP contribution in [0.3, 0.4) is 0 Å². The Hall–Kier alpha value is -1.25. The number of nitrogens with two attached hydrogens (primary N) is 1. The van der Waals surface area contributed by atoms with E-state index >= 15 is 0 Å². The molecule has 0 saturated carbocycles. The molecular weight excluding hydrogens is 762 g/mol. The van der Waals surface area contributed by atoms with Crippen LogP contribution in [0.15, 0.2) is 12.2 Å². The summed E-state index contributed by atoms with van der Waals surface area (Å²) >= 11 is 0. The fraction of sp³-hybridized carbons (Fsp3) is 0.918. The maximum atomic E-state index is 12.6. The van der Waals surface area contributed by atoms with Gasteiger partial charge in [-0.3, -0.25) is 18.6 Å². The van der Waals surface area contributed by atoms with Crippen molar-refractivity contribution >= 4 is 19.8 Å². The van der Waals surface area contributed by atoms with Gasteiger partial charge in [-0.15, -0.1) is 0 Å². The van der Waals surface area contributed by atoms with Crippen LogP contribution in [0, 0.1) is 0 Å². The Labute approximate surface area is 364 Å². The smallest absolute Gasteiger partial charge is 0.462 e. The molecule has 0 heterocycles. The van der Waals surface area contributed by atoms with Crippen LogP contribution >= 0.6 is 7.82 Å². The van der Waals surface area contributed by atoms with Gasteiger partial charge in [-0.05, 0) is 38.5 Å². The molecule has 0 aromatic rings. The summed E-state index contributed by atoms with van der Waals surface area (Å²) in [6.07, 6.45) is 49.6. The second kappa shape index (κ2) is 46.3. The summed E-state index contributed by atoms with van der Waals surface area (Å²) in [4.78, 5) is 35.0. The Morgan fingerprint density at radius 2 is 0.831 bits per heavy atom. The van der Waals surface area contributed by atoms with Crippen LogP contribution in [0.1, 0.15) is 258 Å². The standard InChI is InChI=1S/C49H96NO8P/c1-3-5-7-9-11-13-15-17-19-21-23-25-27-29-31-33-35-37-39-41-48(51)55-45-47(46-57-59(53,54)56-44-43-50)58-49(52)42-40-38-36-34-32-30-28-26-24-22-20-18-16-14-12-10-8-6-4-2/h17,19,47H,3-16,18,20-46,50H2,1-2H3,(H,53,54)/b19-17-/t47-/m1/s1. The first kappa shape index (κ1) is 57.8. The van der Waals surface area contributed by atoms with E-state index in [9.17, 15) is 19.0 Å². The van der Waals surface area contributed by atoms with Crippen LogP contribution in [0.4, 0.5) is 0 Å². The minimum Gasteiger partial charge on any atom is -0.462 e. The number of carbonyl (C=O) groups is 2. The third-order valence-corrected chi connectivity index (χ3v) is 12.1. The minimum absolute atomic E-state index is 0.0564. The molecule has 0 aromatic carbocycles. The number of hydrogen-bond acceptors (Lipinski definition) is 8. The third kappa shape index (κ3) is 46.1. The van der Waals surface area contributed by atoms with Crippen molar-refractivity contribution in [3.63, 3.8) is 0 Å². The Bertz CT molecular complexity index is 980. The van der Waals surface area contributed by atoms with Crippen molar-refractivity contribution in [3.05, 3.63) is 12.2 Å². The van der Waals surface area contributed by atoms with Crippen LogP contribution in [0.5, 0.6) is 0 Å². The maximum Gasteiger partial charge on any atom is 0.472 e. The second-order valence-electron chi connectivity index (χ2n) is 17.0. The number of phosphoric acid groups is 1. The van der Waals surface area contributed by atoms with E-state index in [0.29, 0.717) is 6.42 Å². The van der Waals surface area contributed by atoms with Crippen molar-refractivity contribution in [1.29, 1.82) is 0 Å². The molecule has 0 aliphatic carbocycles. The van der Waals surface area contributed by atoms with Gasteiger partial charge in [-0.2, -0.15) is 0 Å². The maximum absolute atomic E-state index is 12.6. The molecule has 1 unspecified atom stereocenters. The SMILES string of the molecule is CCCCCCCC/C=C\CCCCCCCCCCCC(=O)OC[C@H](COP(=O)(O)OCCN)OC(=O)CCCCCCCCCCCCCCCCCCCCC. The van der Waals surface area contributed by atoms with E-state index in [2.05, 4.69) is 26.0 Å². The molecule has 59 heavy (non-hydrogen) atoms. The molecule has 9 nitrogen and oxygen atoms in total. The lowest BCUT2D eigenvalue weighted by Crippen LogP contribution is -2.29. The van der Waals surface area contributed by atoms with Gasteiger partial charge in [0.2, 0.25) is 0 Å². The van der Waals surface area contributed by atoms with Crippen molar-refractivity contribution in [3.8, 4) is 0 Å². The van der Waals surface area contributed by atoms with Gasteiger partial charge in [0.05, 0.1) is 13.2 Å². The highest BCUT2D eigenvalue weighted by Gasteiger charge is 2.26. The van der Waals surface area contributed by atoms with Crippen molar-refractivity contribution < 1.29 is 37.6 Å². The fourth-order valence-electron chi connectivity index (χ4n) is 7.40. The summed E-state index contributed by atoms with van der Waals surface area (Å²) < 4.78 is 32.9. The number of rotatable bonds is 48. The van der Waals surface area contributed by atoms with Crippen molar-refractivity contribution in [1.82, 2.24) is 0 Å². The van der Waals surface area contributed by atoms with Gasteiger partial charge in [0, 0.05) is 19.4 Å². The molecule has 0 spiro atoms. The minimum atomic E-state index is -4.38. The zero-order valence-electron chi connectivity index (χ0n) is 38.8. The van der Waals surface area contributed by atoms with E-state index in [1.165, 1.54) is 193 Å². The normalized spacial score (nSPS) is 13.2. The first-order valence-electron chi connectivity index (χ1n) is 25.2. The molecule has 0 aromatic heterocycles. The zero-order chi connectivity index (χ0) is 43.2. The van der Waals surface area contributed by atoms with E-state index < -0.39 is 26.5 Å². The largest absolute Gasteiger partial charge is 0.472 e. The molecule has 0 aliphatic heterocycles. The average molecular weight is 858 g/mol. The zero-order valence-corrected chi connectivity index (χ0v) is 39.7. The highest BCUT2D eigenvalue weighted by molar-refractivity contribution is 7.47. The number of carbonyl (C=O) groups excluding carboxylic acids is 2. The second-order valence-corrected chi connectivity index (χ2v) is 18.5. The number of phosphoric ester groups is 1. The van der Waals surface area contributed by atoms with Gasteiger partial charge in [-0.25, -0.2) is 4.57 Å².